The molecule has 0 saturated carbocycles. The molecule has 6 nitrogen and oxygen atoms in total. The topological polar surface area (TPSA) is 65.2 Å². The van der Waals surface area contributed by atoms with Crippen molar-refractivity contribution in [3.05, 3.63) is 42.0 Å². The summed E-state index contributed by atoms with van der Waals surface area (Å²) >= 11 is 0. The molecule has 0 atom stereocenters. The van der Waals surface area contributed by atoms with E-state index in [0.717, 1.165) is 5.75 Å². The van der Waals surface area contributed by atoms with Crippen molar-refractivity contribution in [2.75, 3.05) is 0 Å². The smallest absolute Gasteiger partial charge is 0.239 e. The zero-order valence-electron chi connectivity index (χ0n) is 10.7. The first-order chi connectivity index (χ1) is 9.22. The second-order valence-electron chi connectivity index (χ2n) is 4.52. The quantitative estimate of drug-likeness (QED) is 0.719. The van der Waals surface area contributed by atoms with E-state index in [-0.39, 0.29) is 0 Å². The molecule has 96 valence electrons. The first-order valence-corrected chi connectivity index (χ1v) is 6.05. The third-order valence-corrected chi connectivity index (χ3v) is 2.81. The van der Waals surface area contributed by atoms with Crippen LogP contribution in [0.4, 0.5) is 0 Å². The maximum absolute atomic E-state index is 5.66. The average molecular weight is 255 g/mol. The zero-order valence-corrected chi connectivity index (χ0v) is 10.7. The van der Waals surface area contributed by atoms with Crippen LogP contribution in [0.3, 0.4) is 0 Å². The highest BCUT2D eigenvalue weighted by Gasteiger charge is 2.04. The van der Waals surface area contributed by atoms with Crippen LogP contribution < -0.4 is 4.74 Å². The van der Waals surface area contributed by atoms with E-state index in [0.29, 0.717) is 17.4 Å². The fourth-order valence-electron chi connectivity index (χ4n) is 1.73. The van der Waals surface area contributed by atoms with Crippen LogP contribution in [-0.2, 0) is 0 Å². The van der Waals surface area contributed by atoms with E-state index in [4.69, 9.17) is 4.74 Å². The molecule has 0 radical (unpaired) electrons. The van der Waals surface area contributed by atoms with Gasteiger partial charge in [0, 0.05) is 6.07 Å². The lowest BCUT2D eigenvalue weighted by molar-refractivity contribution is 0.447. The van der Waals surface area contributed by atoms with Crippen LogP contribution in [0.5, 0.6) is 11.6 Å². The molecule has 0 aliphatic rings. The van der Waals surface area contributed by atoms with E-state index in [1.54, 1.807) is 12.1 Å². The molecule has 0 amide bonds. The van der Waals surface area contributed by atoms with Gasteiger partial charge in [-0.2, -0.15) is 0 Å². The van der Waals surface area contributed by atoms with Gasteiger partial charge in [-0.15, -0.1) is 14.8 Å². The molecule has 3 aromatic rings. The number of fused-ring (bicyclic) bond motifs is 1. The van der Waals surface area contributed by atoms with Gasteiger partial charge in [0.25, 0.3) is 0 Å². The van der Waals surface area contributed by atoms with E-state index >= 15 is 0 Å². The van der Waals surface area contributed by atoms with Crippen molar-refractivity contribution in [1.29, 1.82) is 0 Å². The van der Waals surface area contributed by atoms with Gasteiger partial charge in [-0.3, -0.25) is 0 Å². The Labute approximate surface area is 110 Å². The monoisotopic (exact) mass is 255 g/mol. The molecule has 1 aromatic carbocycles. The number of benzene rings is 1. The Bertz CT molecular complexity index is 690. The van der Waals surface area contributed by atoms with E-state index in [1.807, 2.05) is 12.1 Å². The van der Waals surface area contributed by atoms with E-state index in [2.05, 4.69) is 46.6 Å². The summed E-state index contributed by atoms with van der Waals surface area (Å²) in [7, 11) is 0. The first-order valence-electron chi connectivity index (χ1n) is 6.05. The number of rotatable bonds is 3. The van der Waals surface area contributed by atoms with Crippen LogP contribution in [0.2, 0.25) is 0 Å². The molecule has 0 aliphatic heterocycles. The lowest BCUT2D eigenvalue weighted by Gasteiger charge is -2.07. The molecule has 0 fully saturated rings. The summed E-state index contributed by atoms with van der Waals surface area (Å²) in [5.74, 6) is 1.70. The van der Waals surface area contributed by atoms with Crippen LogP contribution >= 0.6 is 0 Å². The minimum atomic E-state index is 0.456. The molecule has 0 unspecified atom stereocenters. The molecule has 0 aliphatic carbocycles. The molecule has 0 N–H and O–H groups in total. The first kappa shape index (κ1) is 11.6. The Morgan fingerprint density at radius 3 is 2.58 bits per heavy atom. The van der Waals surface area contributed by atoms with Gasteiger partial charge in [-0.05, 0) is 40.1 Å². The van der Waals surface area contributed by atoms with Crippen LogP contribution in [0, 0.1) is 0 Å². The van der Waals surface area contributed by atoms with Crippen molar-refractivity contribution >= 4 is 5.65 Å². The van der Waals surface area contributed by atoms with Gasteiger partial charge >= 0.3 is 0 Å². The van der Waals surface area contributed by atoms with Gasteiger partial charge in [-0.25, -0.2) is 0 Å². The number of aromatic nitrogens is 5. The lowest BCUT2D eigenvalue weighted by atomic mass is 10.0. The van der Waals surface area contributed by atoms with E-state index in [1.165, 1.54) is 10.2 Å². The van der Waals surface area contributed by atoms with Crippen molar-refractivity contribution in [1.82, 2.24) is 25.3 Å². The number of hydrogen-bond donors (Lipinski definition) is 0. The molecular weight excluding hydrogens is 242 g/mol. The van der Waals surface area contributed by atoms with Crippen LogP contribution in [0.1, 0.15) is 25.3 Å². The van der Waals surface area contributed by atoms with Gasteiger partial charge < -0.3 is 4.74 Å². The highest BCUT2D eigenvalue weighted by atomic mass is 16.5. The number of tetrazole rings is 1. The summed E-state index contributed by atoms with van der Waals surface area (Å²) < 4.78 is 6.99. The minimum absolute atomic E-state index is 0.456. The summed E-state index contributed by atoms with van der Waals surface area (Å²) in [5.41, 5.74) is 1.86. The van der Waals surface area contributed by atoms with Gasteiger partial charge in [0.2, 0.25) is 5.88 Å². The Morgan fingerprint density at radius 1 is 1.05 bits per heavy atom. The fourth-order valence-corrected chi connectivity index (χ4v) is 1.73. The molecule has 19 heavy (non-hydrogen) atoms. The highest BCUT2D eigenvalue weighted by molar-refractivity contribution is 5.36. The molecule has 2 aromatic heterocycles. The SMILES string of the molecule is CC(C)c1ccc(Oc2ccc3nnnn3n2)cc1. The third-order valence-electron chi connectivity index (χ3n) is 2.81. The summed E-state index contributed by atoms with van der Waals surface area (Å²) in [6.45, 7) is 4.31. The van der Waals surface area contributed by atoms with E-state index < -0.39 is 0 Å². The highest BCUT2D eigenvalue weighted by Crippen LogP contribution is 2.22. The summed E-state index contributed by atoms with van der Waals surface area (Å²) in [5, 5.41) is 15.2. The fraction of sp³-hybridized carbons (Fsp3) is 0.231. The zero-order chi connectivity index (χ0) is 13.2. The molecule has 3 rings (SSSR count). The number of nitrogens with zero attached hydrogens (tertiary/aromatic N) is 5. The Balaban J connectivity index is 1.83. The van der Waals surface area contributed by atoms with Crippen LogP contribution in [-0.4, -0.2) is 25.3 Å². The van der Waals surface area contributed by atoms with Crippen molar-refractivity contribution in [3.8, 4) is 11.6 Å². The Kier molecular flexibility index (Phi) is 2.83. The van der Waals surface area contributed by atoms with Gasteiger partial charge in [0.1, 0.15) is 5.75 Å². The minimum Gasteiger partial charge on any atom is -0.438 e. The van der Waals surface area contributed by atoms with Crippen molar-refractivity contribution in [2.45, 2.75) is 19.8 Å². The second-order valence-corrected chi connectivity index (χ2v) is 4.52. The second kappa shape index (κ2) is 4.64. The third kappa shape index (κ3) is 2.37. The van der Waals surface area contributed by atoms with Gasteiger partial charge in [0.15, 0.2) is 5.65 Å². The van der Waals surface area contributed by atoms with Crippen molar-refractivity contribution < 1.29 is 4.74 Å². The van der Waals surface area contributed by atoms with Crippen LogP contribution in [0.25, 0.3) is 5.65 Å². The summed E-state index contributed by atoms with van der Waals surface area (Å²) in [6.07, 6.45) is 0. The maximum atomic E-state index is 5.66. The normalized spacial score (nSPS) is 11.1. The summed E-state index contributed by atoms with van der Waals surface area (Å²) in [6, 6.07) is 11.5. The molecule has 0 spiro atoms. The van der Waals surface area contributed by atoms with Gasteiger partial charge in [-0.1, -0.05) is 26.0 Å². The maximum Gasteiger partial charge on any atom is 0.239 e. The van der Waals surface area contributed by atoms with E-state index in [9.17, 15) is 0 Å². The van der Waals surface area contributed by atoms with Crippen LogP contribution in [0.15, 0.2) is 36.4 Å². The predicted molar refractivity (Wildman–Crippen MR) is 69.2 cm³/mol. The molecule has 6 heteroatoms. The molecule has 0 saturated heterocycles. The van der Waals surface area contributed by atoms with Crippen molar-refractivity contribution in [3.63, 3.8) is 0 Å². The lowest BCUT2D eigenvalue weighted by Crippen LogP contribution is -1.97. The van der Waals surface area contributed by atoms with Crippen molar-refractivity contribution in [2.24, 2.45) is 0 Å². The molecular formula is C13H13N5O. The predicted octanol–water partition coefficient (Wildman–Crippen LogP) is 2.44. The van der Waals surface area contributed by atoms with Gasteiger partial charge in [0.05, 0.1) is 0 Å². The average Bonchev–Trinajstić information content (AvgIpc) is 2.87. The number of hydrogen-bond acceptors (Lipinski definition) is 5. The number of ether oxygens (including phenoxy) is 1. The standard InChI is InChI=1S/C13H13N5O/c1-9(2)10-3-5-11(6-4-10)19-13-8-7-12-14-16-17-18(12)15-13/h3-9H,1-2H3. The molecule has 0 bridgehead atoms. The largest absolute Gasteiger partial charge is 0.438 e. The Hall–Kier alpha value is -2.50. The summed E-state index contributed by atoms with van der Waals surface area (Å²) in [4.78, 5) is 0. The molecule has 2 heterocycles. The Morgan fingerprint density at radius 2 is 1.84 bits per heavy atom.